The Kier molecular flexibility index (Phi) is 4.55. The van der Waals surface area contributed by atoms with Gasteiger partial charge in [-0.25, -0.2) is 5.43 Å². The van der Waals surface area contributed by atoms with Gasteiger partial charge in [-0.15, -0.1) is 0 Å². The number of hydrogen-bond acceptors (Lipinski definition) is 5. The van der Waals surface area contributed by atoms with Gasteiger partial charge in [0.05, 0.1) is 26.0 Å². The van der Waals surface area contributed by atoms with Gasteiger partial charge >= 0.3 is 0 Å². The Morgan fingerprint density at radius 3 is 2.55 bits per heavy atom. The predicted molar refractivity (Wildman–Crippen MR) is 77.7 cm³/mol. The molecule has 0 aliphatic carbocycles. The van der Waals surface area contributed by atoms with E-state index in [1.54, 1.807) is 20.4 Å². The van der Waals surface area contributed by atoms with Crippen LogP contribution in [0.3, 0.4) is 0 Å². The molecule has 5 nitrogen and oxygen atoms in total. The largest absolute Gasteiger partial charge is 0.497 e. The highest BCUT2D eigenvalue weighted by Gasteiger charge is 2.19. The van der Waals surface area contributed by atoms with Crippen molar-refractivity contribution in [1.82, 2.24) is 10.4 Å². The van der Waals surface area contributed by atoms with Crippen LogP contribution in [0.15, 0.2) is 36.5 Å². The van der Waals surface area contributed by atoms with Crippen molar-refractivity contribution in [1.29, 1.82) is 0 Å². The second-order valence-corrected chi connectivity index (χ2v) is 4.47. The minimum Gasteiger partial charge on any atom is -0.497 e. The molecule has 1 unspecified atom stereocenters. The first kappa shape index (κ1) is 14.3. The second kappa shape index (κ2) is 6.36. The van der Waals surface area contributed by atoms with Crippen molar-refractivity contribution in [2.75, 3.05) is 14.2 Å². The Morgan fingerprint density at radius 2 is 1.95 bits per heavy atom. The van der Waals surface area contributed by atoms with E-state index in [0.29, 0.717) is 0 Å². The molecule has 0 fully saturated rings. The Labute approximate surface area is 118 Å². The molecule has 2 aromatic rings. The van der Waals surface area contributed by atoms with E-state index in [-0.39, 0.29) is 6.04 Å². The van der Waals surface area contributed by atoms with Crippen LogP contribution in [0.4, 0.5) is 0 Å². The van der Waals surface area contributed by atoms with Crippen molar-refractivity contribution in [3.63, 3.8) is 0 Å². The first-order chi connectivity index (χ1) is 9.69. The van der Waals surface area contributed by atoms with Crippen molar-refractivity contribution >= 4 is 0 Å². The molecule has 0 saturated carbocycles. The molecular formula is C15H19N3O2. The molecule has 0 amide bonds. The standard InChI is InChI=1S/C15H19N3O2/c1-10-6-7-17-13(8-10)15(18-16)12-9-11(19-2)4-5-14(12)20-3/h4-9,15,18H,16H2,1-3H3. The summed E-state index contributed by atoms with van der Waals surface area (Å²) in [5, 5.41) is 0. The fraction of sp³-hybridized carbons (Fsp3) is 0.267. The molecule has 0 aliphatic heterocycles. The second-order valence-electron chi connectivity index (χ2n) is 4.47. The van der Waals surface area contributed by atoms with Crippen LogP contribution in [-0.2, 0) is 0 Å². The Morgan fingerprint density at radius 1 is 1.15 bits per heavy atom. The zero-order valence-electron chi connectivity index (χ0n) is 11.9. The normalized spacial score (nSPS) is 12.0. The van der Waals surface area contributed by atoms with E-state index in [0.717, 1.165) is 28.3 Å². The van der Waals surface area contributed by atoms with E-state index >= 15 is 0 Å². The van der Waals surface area contributed by atoms with Crippen LogP contribution in [0.1, 0.15) is 22.9 Å². The van der Waals surface area contributed by atoms with Crippen molar-refractivity contribution in [2.24, 2.45) is 5.84 Å². The highest BCUT2D eigenvalue weighted by atomic mass is 16.5. The highest BCUT2D eigenvalue weighted by Crippen LogP contribution is 2.32. The lowest BCUT2D eigenvalue weighted by molar-refractivity contribution is 0.393. The van der Waals surface area contributed by atoms with Crippen molar-refractivity contribution < 1.29 is 9.47 Å². The maximum Gasteiger partial charge on any atom is 0.124 e. The molecule has 5 heteroatoms. The number of hydrazine groups is 1. The zero-order chi connectivity index (χ0) is 14.5. The SMILES string of the molecule is COc1ccc(OC)c(C(NN)c2cc(C)ccn2)c1. The van der Waals surface area contributed by atoms with Crippen LogP contribution in [-0.4, -0.2) is 19.2 Å². The number of methoxy groups -OCH3 is 2. The van der Waals surface area contributed by atoms with Crippen molar-refractivity contribution in [3.05, 3.63) is 53.3 Å². The molecule has 1 aromatic heterocycles. The summed E-state index contributed by atoms with van der Waals surface area (Å²) in [7, 11) is 3.25. The lowest BCUT2D eigenvalue weighted by atomic mass is 10.0. The van der Waals surface area contributed by atoms with Gasteiger partial charge < -0.3 is 9.47 Å². The summed E-state index contributed by atoms with van der Waals surface area (Å²) in [5.74, 6) is 7.19. The number of benzene rings is 1. The lowest BCUT2D eigenvalue weighted by Crippen LogP contribution is -2.30. The number of ether oxygens (including phenoxy) is 2. The van der Waals surface area contributed by atoms with Gasteiger partial charge in [0.1, 0.15) is 11.5 Å². The van der Waals surface area contributed by atoms with Gasteiger partial charge in [0.15, 0.2) is 0 Å². The zero-order valence-corrected chi connectivity index (χ0v) is 11.9. The molecule has 0 bridgehead atoms. The number of rotatable bonds is 5. The Balaban J connectivity index is 2.50. The molecular weight excluding hydrogens is 254 g/mol. The molecule has 2 rings (SSSR count). The molecule has 1 aromatic carbocycles. The minimum absolute atomic E-state index is 0.264. The van der Waals surface area contributed by atoms with Gasteiger partial charge in [-0.2, -0.15) is 0 Å². The predicted octanol–water partition coefficient (Wildman–Crippen LogP) is 1.96. The Hall–Kier alpha value is -2.11. The molecule has 0 radical (unpaired) electrons. The van der Waals surface area contributed by atoms with Crippen molar-refractivity contribution in [2.45, 2.75) is 13.0 Å². The van der Waals surface area contributed by atoms with E-state index in [4.69, 9.17) is 15.3 Å². The van der Waals surface area contributed by atoms with E-state index in [2.05, 4.69) is 10.4 Å². The summed E-state index contributed by atoms with van der Waals surface area (Å²) in [4.78, 5) is 4.38. The van der Waals surface area contributed by atoms with Crippen LogP contribution in [0.5, 0.6) is 11.5 Å². The minimum atomic E-state index is -0.264. The van der Waals surface area contributed by atoms with Crippen molar-refractivity contribution in [3.8, 4) is 11.5 Å². The Bertz CT molecular complexity index is 587. The lowest BCUT2D eigenvalue weighted by Gasteiger charge is -2.19. The average Bonchev–Trinajstić information content (AvgIpc) is 2.48. The first-order valence-corrected chi connectivity index (χ1v) is 6.30. The van der Waals surface area contributed by atoms with E-state index in [9.17, 15) is 0 Å². The summed E-state index contributed by atoms with van der Waals surface area (Å²) >= 11 is 0. The molecule has 0 spiro atoms. The fourth-order valence-corrected chi connectivity index (χ4v) is 2.12. The molecule has 0 aliphatic rings. The number of nitrogens with two attached hydrogens (primary N) is 1. The summed E-state index contributed by atoms with van der Waals surface area (Å²) in [6.07, 6.45) is 1.77. The number of nitrogens with zero attached hydrogens (tertiary/aromatic N) is 1. The van der Waals surface area contributed by atoms with Gasteiger partial charge in [-0.3, -0.25) is 10.8 Å². The van der Waals surface area contributed by atoms with Crippen LogP contribution < -0.4 is 20.7 Å². The van der Waals surface area contributed by atoms with E-state index in [1.165, 1.54) is 0 Å². The van der Waals surface area contributed by atoms with Crippen LogP contribution in [0, 0.1) is 6.92 Å². The summed E-state index contributed by atoms with van der Waals surface area (Å²) < 4.78 is 10.7. The molecule has 0 saturated heterocycles. The number of hydrogen-bond donors (Lipinski definition) is 2. The van der Waals surface area contributed by atoms with Crippen LogP contribution in [0.2, 0.25) is 0 Å². The quantitative estimate of drug-likeness (QED) is 0.644. The van der Waals surface area contributed by atoms with E-state index < -0.39 is 0 Å². The maximum atomic E-state index is 5.72. The number of nitrogens with one attached hydrogen (secondary N) is 1. The summed E-state index contributed by atoms with van der Waals surface area (Å²) in [6.45, 7) is 2.02. The maximum absolute atomic E-state index is 5.72. The molecule has 3 N–H and O–H groups in total. The number of aryl methyl sites for hydroxylation is 1. The first-order valence-electron chi connectivity index (χ1n) is 6.30. The average molecular weight is 273 g/mol. The molecule has 106 valence electrons. The van der Waals surface area contributed by atoms with Gasteiger partial charge in [0.25, 0.3) is 0 Å². The third-order valence-corrected chi connectivity index (χ3v) is 3.15. The third kappa shape index (κ3) is 2.89. The van der Waals surface area contributed by atoms with Crippen LogP contribution >= 0.6 is 0 Å². The summed E-state index contributed by atoms with van der Waals surface area (Å²) in [5.41, 5.74) is 5.63. The van der Waals surface area contributed by atoms with Gasteiger partial charge in [0, 0.05) is 11.8 Å². The highest BCUT2D eigenvalue weighted by molar-refractivity contribution is 5.45. The van der Waals surface area contributed by atoms with Gasteiger partial charge in [-0.1, -0.05) is 0 Å². The molecule has 1 atom stereocenters. The number of pyridine rings is 1. The fourth-order valence-electron chi connectivity index (χ4n) is 2.12. The molecule has 20 heavy (non-hydrogen) atoms. The van der Waals surface area contributed by atoms with Crippen LogP contribution in [0.25, 0.3) is 0 Å². The number of aromatic nitrogens is 1. The molecule has 1 heterocycles. The monoisotopic (exact) mass is 273 g/mol. The smallest absolute Gasteiger partial charge is 0.124 e. The van der Waals surface area contributed by atoms with E-state index in [1.807, 2.05) is 37.3 Å². The summed E-state index contributed by atoms with van der Waals surface area (Å²) in [6, 6.07) is 9.27. The third-order valence-electron chi connectivity index (χ3n) is 3.15. The van der Waals surface area contributed by atoms with Gasteiger partial charge in [0.2, 0.25) is 0 Å². The topological polar surface area (TPSA) is 69.4 Å². The van der Waals surface area contributed by atoms with Gasteiger partial charge in [-0.05, 0) is 42.8 Å².